The molecule has 0 saturated heterocycles. The van der Waals surface area contributed by atoms with Crippen LogP contribution in [0.5, 0.6) is 0 Å². The van der Waals surface area contributed by atoms with Crippen molar-refractivity contribution in [3.63, 3.8) is 0 Å². The van der Waals surface area contributed by atoms with Crippen molar-refractivity contribution in [3.05, 3.63) is 0 Å². The molecule has 2 fully saturated rings. The number of aliphatic hydroxyl groups excluding tert-OH is 1. The summed E-state index contributed by atoms with van der Waals surface area (Å²) in [4.78, 5) is 0. The lowest BCUT2D eigenvalue weighted by Crippen LogP contribution is -2.53. The molecular formula is C17H33NO2. The standard InChI is InChI=1S/C17H33NO2/c1-2-11-18-17(14-19)10-6-9-16(12-17)20-13-15-7-4-3-5-8-15/h15-16,18-19H,2-14H2,1H3. The molecule has 0 aromatic carbocycles. The van der Waals surface area contributed by atoms with E-state index in [0.717, 1.165) is 38.3 Å². The maximum absolute atomic E-state index is 9.78. The molecule has 0 aliphatic heterocycles. The topological polar surface area (TPSA) is 41.5 Å². The van der Waals surface area contributed by atoms with Gasteiger partial charge in [-0.3, -0.25) is 0 Å². The third-order valence-electron chi connectivity index (χ3n) is 5.14. The highest BCUT2D eigenvalue weighted by Crippen LogP contribution is 2.31. The second kappa shape index (κ2) is 8.35. The number of hydrogen-bond donors (Lipinski definition) is 2. The van der Waals surface area contributed by atoms with Crippen molar-refractivity contribution < 1.29 is 9.84 Å². The van der Waals surface area contributed by atoms with E-state index in [1.807, 2.05) is 0 Å². The van der Waals surface area contributed by atoms with Gasteiger partial charge in [0, 0.05) is 12.1 Å². The molecule has 0 bridgehead atoms. The lowest BCUT2D eigenvalue weighted by molar-refractivity contribution is -0.0328. The zero-order valence-electron chi connectivity index (χ0n) is 13.2. The van der Waals surface area contributed by atoms with Crippen LogP contribution in [0.3, 0.4) is 0 Å². The minimum Gasteiger partial charge on any atom is -0.394 e. The van der Waals surface area contributed by atoms with Crippen LogP contribution in [0.2, 0.25) is 0 Å². The first-order valence-electron chi connectivity index (χ1n) is 8.75. The molecule has 3 heteroatoms. The molecule has 0 spiro atoms. The number of ether oxygens (including phenoxy) is 1. The summed E-state index contributed by atoms with van der Waals surface area (Å²) in [5.41, 5.74) is -0.0779. The third-order valence-corrected chi connectivity index (χ3v) is 5.14. The van der Waals surface area contributed by atoms with Gasteiger partial charge in [-0.1, -0.05) is 26.2 Å². The largest absolute Gasteiger partial charge is 0.394 e. The summed E-state index contributed by atoms with van der Waals surface area (Å²) in [7, 11) is 0. The van der Waals surface area contributed by atoms with E-state index in [2.05, 4.69) is 12.2 Å². The summed E-state index contributed by atoms with van der Waals surface area (Å²) in [5, 5.41) is 13.4. The summed E-state index contributed by atoms with van der Waals surface area (Å²) in [6, 6.07) is 0. The fraction of sp³-hybridized carbons (Fsp3) is 1.00. The van der Waals surface area contributed by atoms with Crippen LogP contribution in [0.25, 0.3) is 0 Å². The lowest BCUT2D eigenvalue weighted by Gasteiger charge is -2.41. The molecule has 2 aliphatic carbocycles. The molecule has 2 rings (SSSR count). The summed E-state index contributed by atoms with van der Waals surface area (Å²) < 4.78 is 6.21. The van der Waals surface area contributed by atoms with Crippen molar-refractivity contribution in [1.82, 2.24) is 5.32 Å². The number of rotatable bonds is 7. The second-order valence-corrected chi connectivity index (χ2v) is 6.92. The molecule has 0 amide bonds. The first-order valence-corrected chi connectivity index (χ1v) is 8.75. The van der Waals surface area contributed by atoms with Crippen LogP contribution in [0.1, 0.15) is 71.1 Å². The number of nitrogens with one attached hydrogen (secondary N) is 1. The van der Waals surface area contributed by atoms with Crippen LogP contribution in [0.4, 0.5) is 0 Å². The van der Waals surface area contributed by atoms with Crippen LogP contribution >= 0.6 is 0 Å². The molecule has 118 valence electrons. The predicted molar refractivity (Wildman–Crippen MR) is 82.9 cm³/mol. The van der Waals surface area contributed by atoms with Crippen LogP contribution in [0, 0.1) is 5.92 Å². The van der Waals surface area contributed by atoms with E-state index in [1.54, 1.807) is 0 Å². The summed E-state index contributed by atoms with van der Waals surface area (Å²) in [6.45, 7) is 4.37. The predicted octanol–water partition coefficient (Wildman–Crippen LogP) is 3.26. The van der Waals surface area contributed by atoms with Gasteiger partial charge in [-0.05, 0) is 57.4 Å². The van der Waals surface area contributed by atoms with Crippen LogP contribution in [-0.2, 0) is 4.74 Å². The maximum Gasteiger partial charge on any atom is 0.0614 e. The van der Waals surface area contributed by atoms with E-state index in [9.17, 15) is 5.11 Å². The zero-order chi connectivity index (χ0) is 14.3. The highest BCUT2D eigenvalue weighted by atomic mass is 16.5. The van der Waals surface area contributed by atoms with Gasteiger partial charge >= 0.3 is 0 Å². The molecular weight excluding hydrogens is 250 g/mol. The zero-order valence-corrected chi connectivity index (χ0v) is 13.2. The highest BCUT2D eigenvalue weighted by molar-refractivity contribution is 4.94. The average Bonchev–Trinajstić information content (AvgIpc) is 2.52. The Morgan fingerprint density at radius 3 is 2.65 bits per heavy atom. The van der Waals surface area contributed by atoms with Crippen molar-refractivity contribution in [2.45, 2.75) is 82.8 Å². The van der Waals surface area contributed by atoms with Crippen molar-refractivity contribution in [2.75, 3.05) is 19.8 Å². The Labute approximate surface area is 124 Å². The molecule has 0 radical (unpaired) electrons. The Morgan fingerprint density at radius 1 is 1.15 bits per heavy atom. The van der Waals surface area contributed by atoms with Gasteiger partial charge in [0.15, 0.2) is 0 Å². The Morgan fingerprint density at radius 2 is 1.95 bits per heavy atom. The van der Waals surface area contributed by atoms with E-state index >= 15 is 0 Å². The normalized spacial score (nSPS) is 32.4. The first-order chi connectivity index (χ1) is 9.78. The van der Waals surface area contributed by atoms with Gasteiger partial charge in [-0.2, -0.15) is 0 Å². The molecule has 2 saturated carbocycles. The van der Waals surface area contributed by atoms with E-state index in [4.69, 9.17) is 4.74 Å². The smallest absolute Gasteiger partial charge is 0.0614 e. The maximum atomic E-state index is 9.78. The van der Waals surface area contributed by atoms with Gasteiger partial charge in [0.2, 0.25) is 0 Å². The van der Waals surface area contributed by atoms with Crippen LogP contribution in [0.15, 0.2) is 0 Å². The number of aliphatic hydroxyl groups is 1. The molecule has 0 aromatic rings. The molecule has 3 nitrogen and oxygen atoms in total. The van der Waals surface area contributed by atoms with Crippen molar-refractivity contribution in [1.29, 1.82) is 0 Å². The van der Waals surface area contributed by atoms with E-state index in [-0.39, 0.29) is 12.1 Å². The molecule has 20 heavy (non-hydrogen) atoms. The van der Waals surface area contributed by atoms with E-state index < -0.39 is 0 Å². The fourth-order valence-electron chi connectivity index (χ4n) is 3.83. The Kier molecular flexibility index (Phi) is 6.79. The van der Waals surface area contributed by atoms with Gasteiger partial charge in [-0.15, -0.1) is 0 Å². The summed E-state index contributed by atoms with van der Waals surface area (Å²) >= 11 is 0. The quantitative estimate of drug-likeness (QED) is 0.753. The van der Waals surface area contributed by atoms with Gasteiger partial charge in [0.1, 0.15) is 0 Å². The van der Waals surface area contributed by atoms with Gasteiger partial charge in [-0.25, -0.2) is 0 Å². The minimum absolute atomic E-state index is 0.0779. The fourth-order valence-corrected chi connectivity index (χ4v) is 3.83. The molecule has 0 heterocycles. The van der Waals surface area contributed by atoms with E-state index in [1.165, 1.54) is 44.9 Å². The SMILES string of the molecule is CCCNC1(CO)CCCC(OCC2CCCCC2)C1. The molecule has 2 atom stereocenters. The molecule has 2 N–H and O–H groups in total. The van der Waals surface area contributed by atoms with Crippen LogP contribution < -0.4 is 5.32 Å². The monoisotopic (exact) mass is 283 g/mol. The van der Waals surface area contributed by atoms with Crippen LogP contribution in [-0.4, -0.2) is 36.5 Å². The summed E-state index contributed by atoms with van der Waals surface area (Å²) in [6.07, 6.45) is 12.8. The van der Waals surface area contributed by atoms with Crippen molar-refractivity contribution in [3.8, 4) is 0 Å². The van der Waals surface area contributed by atoms with Crippen molar-refractivity contribution in [2.24, 2.45) is 5.92 Å². The number of hydrogen-bond acceptors (Lipinski definition) is 3. The summed E-state index contributed by atoms with van der Waals surface area (Å²) in [5.74, 6) is 0.790. The highest BCUT2D eigenvalue weighted by Gasteiger charge is 2.35. The van der Waals surface area contributed by atoms with Gasteiger partial charge < -0.3 is 15.2 Å². The minimum atomic E-state index is -0.0779. The van der Waals surface area contributed by atoms with E-state index in [0.29, 0.717) is 6.10 Å². The Balaban J connectivity index is 1.76. The average molecular weight is 283 g/mol. The molecule has 0 aromatic heterocycles. The van der Waals surface area contributed by atoms with Crippen molar-refractivity contribution >= 4 is 0 Å². The first kappa shape index (κ1) is 16.3. The Bertz CT molecular complexity index is 266. The second-order valence-electron chi connectivity index (χ2n) is 6.92. The molecule has 2 unspecified atom stereocenters. The third kappa shape index (κ3) is 4.71. The Hall–Kier alpha value is -0.120. The lowest BCUT2D eigenvalue weighted by atomic mass is 9.80. The molecule has 2 aliphatic rings. The van der Waals surface area contributed by atoms with Gasteiger partial charge in [0.25, 0.3) is 0 Å². The van der Waals surface area contributed by atoms with Gasteiger partial charge in [0.05, 0.1) is 12.7 Å².